The van der Waals surface area contributed by atoms with Crippen LogP contribution in [0.25, 0.3) is 0 Å². The van der Waals surface area contributed by atoms with Crippen LogP contribution in [0.15, 0.2) is 52.4 Å². The monoisotopic (exact) mass is 546 g/mol. The number of hydrogen-bond donors (Lipinski definition) is 3. The first-order chi connectivity index (χ1) is 17.5. The molecule has 4 N–H and O–H groups in total. The Kier molecular flexibility index (Phi) is 7.18. The fourth-order valence-electron chi connectivity index (χ4n) is 3.56. The van der Waals surface area contributed by atoms with Crippen LogP contribution in [0.5, 0.6) is 0 Å². The number of fused-ring (bicyclic) bond motifs is 1. The first-order valence-corrected chi connectivity index (χ1v) is 12.8. The second-order valence-electron chi connectivity index (χ2n) is 8.57. The molecule has 2 aliphatic rings. The summed E-state index contributed by atoms with van der Waals surface area (Å²) in [6, 6.07) is 4.36. The van der Waals surface area contributed by atoms with Gasteiger partial charge in [-0.2, -0.15) is 0 Å². The van der Waals surface area contributed by atoms with Gasteiger partial charge in [-0.1, -0.05) is 11.2 Å². The molecule has 4 heterocycles. The van der Waals surface area contributed by atoms with Gasteiger partial charge in [0.2, 0.25) is 5.60 Å². The number of nitrogens with zero attached hydrogens (tertiary/aromatic N) is 4. The van der Waals surface area contributed by atoms with Crippen LogP contribution in [0, 0.1) is 0 Å². The van der Waals surface area contributed by atoms with Crippen molar-refractivity contribution in [3.8, 4) is 0 Å². The minimum atomic E-state index is -1.75. The molecule has 2 atom stereocenters. The largest absolute Gasteiger partial charge is 0.543 e. The molecule has 2 unspecified atom stereocenters. The van der Waals surface area contributed by atoms with Crippen LogP contribution in [0.4, 0.5) is 5.13 Å². The molecular weight excluding hydrogens is 524 g/mol. The molecule has 0 aliphatic carbocycles. The Bertz CT molecular complexity index is 1320. The van der Waals surface area contributed by atoms with Crippen LogP contribution in [0.2, 0.25) is 0 Å². The average molecular weight is 547 g/mol. The van der Waals surface area contributed by atoms with Crippen LogP contribution in [-0.2, 0) is 30.6 Å². The summed E-state index contributed by atoms with van der Waals surface area (Å²) in [5.74, 6) is -4.01. The molecule has 4 rings (SSSR count). The number of aliphatic carboxylic acids is 2. The molecule has 0 radical (unpaired) electrons. The zero-order valence-corrected chi connectivity index (χ0v) is 21.2. The Morgan fingerprint density at radius 2 is 2.05 bits per heavy atom. The van der Waals surface area contributed by atoms with E-state index < -0.39 is 40.8 Å². The van der Waals surface area contributed by atoms with Crippen molar-refractivity contribution in [2.24, 2.45) is 5.16 Å². The number of oxime groups is 1. The molecule has 0 spiro atoms. The third kappa shape index (κ3) is 5.27. The van der Waals surface area contributed by atoms with E-state index in [0.29, 0.717) is 11.3 Å². The van der Waals surface area contributed by atoms with E-state index in [2.05, 4.69) is 15.5 Å². The van der Waals surface area contributed by atoms with Crippen LogP contribution in [0.1, 0.15) is 19.5 Å². The van der Waals surface area contributed by atoms with Gasteiger partial charge in [-0.25, -0.2) is 14.3 Å². The highest BCUT2D eigenvalue weighted by molar-refractivity contribution is 8.00. The molecule has 1 saturated heterocycles. The first kappa shape index (κ1) is 26.1. The van der Waals surface area contributed by atoms with Gasteiger partial charge >= 0.3 is 5.97 Å². The molecule has 2 aliphatic heterocycles. The molecule has 2 aromatic heterocycles. The number of carbonyl (C=O) groups is 4. The fourth-order valence-corrected chi connectivity index (χ4v) is 5.45. The van der Waals surface area contributed by atoms with Crippen molar-refractivity contribution in [3.63, 3.8) is 0 Å². The normalized spacial score (nSPS) is 19.7. The molecule has 37 heavy (non-hydrogen) atoms. The fraction of sp³-hybridized carbons (Fsp3) is 0.318. The lowest BCUT2D eigenvalue weighted by atomic mass is 10.0. The van der Waals surface area contributed by atoms with E-state index in [-0.39, 0.29) is 28.8 Å². The molecule has 0 aromatic carbocycles. The number of anilines is 1. The van der Waals surface area contributed by atoms with Crippen LogP contribution in [-0.4, -0.2) is 67.2 Å². The summed E-state index contributed by atoms with van der Waals surface area (Å²) < 4.78 is 1.78. The van der Waals surface area contributed by atoms with E-state index in [9.17, 15) is 29.4 Å². The van der Waals surface area contributed by atoms with Crippen LogP contribution < -0.4 is 20.7 Å². The zero-order chi connectivity index (χ0) is 26.9. The predicted octanol–water partition coefficient (Wildman–Crippen LogP) is -1.30. The maximum Gasteiger partial charge on any atom is 0.350 e. The minimum absolute atomic E-state index is 0.0265. The SMILES string of the molecule is CC(C)(O/N=C(\C(=O)NC1C(=O)N2C(C(=O)[O-])=C(C[n+]3ccccc3)CSC12)c1csc(N)n1)C(=O)O. The number of amides is 2. The molecule has 13 nitrogen and oxygen atoms in total. The van der Waals surface area contributed by atoms with E-state index in [1.807, 2.05) is 6.07 Å². The highest BCUT2D eigenvalue weighted by atomic mass is 32.2. The quantitative estimate of drug-likeness (QED) is 0.147. The van der Waals surface area contributed by atoms with E-state index in [1.165, 1.54) is 31.0 Å². The van der Waals surface area contributed by atoms with Gasteiger partial charge in [0.05, 0.1) is 11.7 Å². The Morgan fingerprint density at radius 3 is 2.65 bits per heavy atom. The summed E-state index contributed by atoms with van der Waals surface area (Å²) >= 11 is 2.32. The van der Waals surface area contributed by atoms with Gasteiger partial charge in [-0.05, 0) is 13.8 Å². The number of pyridine rings is 1. The number of carbonyl (C=O) groups excluding carboxylic acids is 3. The summed E-state index contributed by atoms with van der Waals surface area (Å²) in [5, 5.41) is 28.4. The van der Waals surface area contributed by atoms with Gasteiger partial charge < -0.3 is 30.9 Å². The van der Waals surface area contributed by atoms with Gasteiger partial charge in [0.15, 0.2) is 29.8 Å². The first-order valence-electron chi connectivity index (χ1n) is 10.8. The van der Waals surface area contributed by atoms with E-state index in [0.717, 1.165) is 16.2 Å². The second-order valence-corrected chi connectivity index (χ2v) is 10.6. The van der Waals surface area contributed by atoms with Gasteiger partial charge in [-0.3, -0.25) is 14.5 Å². The van der Waals surface area contributed by atoms with Crippen molar-refractivity contribution in [2.75, 3.05) is 11.5 Å². The van der Waals surface area contributed by atoms with Crippen molar-refractivity contribution in [2.45, 2.75) is 37.4 Å². The maximum absolute atomic E-state index is 13.1. The third-order valence-corrected chi connectivity index (χ3v) is 7.55. The molecule has 194 valence electrons. The number of aromatic nitrogens is 2. The summed E-state index contributed by atoms with van der Waals surface area (Å²) in [4.78, 5) is 59.6. The van der Waals surface area contributed by atoms with Gasteiger partial charge in [0.1, 0.15) is 17.1 Å². The van der Waals surface area contributed by atoms with Crippen LogP contribution in [0.3, 0.4) is 0 Å². The number of β-lactam (4-membered cyclic amide) rings is 1. The van der Waals surface area contributed by atoms with Gasteiger partial charge in [-0.15, -0.1) is 23.1 Å². The number of hydrogen-bond acceptors (Lipinski definition) is 11. The maximum atomic E-state index is 13.1. The molecule has 15 heteroatoms. The van der Waals surface area contributed by atoms with Crippen molar-refractivity contribution in [3.05, 3.63) is 52.9 Å². The van der Waals surface area contributed by atoms with E-state index in [1.54, 1.807) is 29.1 Å². The summed E-state index contributed by atoms with van der Waals surface area (Å²) in [6.45, 7) is 2.74. The van der Waals surface area contributed by atoms with Crippen molar-refractivity contribution in [1.82, 2.24) is 15.2 Å². The topological polar surface area (TPSA) is 191 Å². The number of thioether (sulfide) groups is 1. The number of rotatable bonds is 9. The van der Waals surface area contributed by atoms with E-state index >= 15 is 0 Å². The standard InChI is InChI=1S/C22H22N6O7S2/c1-22(2,20(33)34)35-26-13(12-10-37-21(23)24-12)16(29)25-14-17(30)28-15(19(31)32)11(9-36-18(14)28)8-27-6-4-3-5-7-27/h3-7,10,14,18H,8-9H2,1-2H3,(H4-,23,24,25,29,31,32,33,34)/b26-13-. The summed E-state index contributed by atoms with van der Waals surface area (Å²) in [5.41, 5.74) is 3.83. The van der Waals surface area contributed by atoms with Crippen molar-refractivity contribution < 1.29 is 38.8 Å². The average Bonchev–Trinajstić information content (AvgIpc) is 3.28. The number of thiazole rings is 1. The molecule has 0 saturated carbocycles. The predicted molar refractivity (Wildman–Crippen MR) is 130 cm³/mol. The molecule has 2 aromatic rings. The lowest BCUT2D eigenvalue weighted by Crippen LogP contribution is -2.71. The Hall–Kier alpha value is -3.98. The number of nitrogen functional groups attached to an aromatic ring is 1. The second kappa shape index (κ2) is 10.2. The lowest BCUT2D eigenvalue weighted by molar-refractivity contribution is -0.689. The number of nitrogens with two attached hydrogens (primary N) is 1. The molecule has 0 bridgehead atoms. The highest BCUT2D eigenvalue weighted by Crippen LogP contribution is 2.40. The molecule has 1 fully saturated rings. The molecular formula is C22H22N6O7S2. The zero-order valence-electron chi connectivity index (χ0n) is 19.6. The highest BCUT2D eigenvalue weighted by Gasteiger charge is 2.53. The lowest BCUT2D eigenvalue weighted by Gasteiger charge is -2.50. The minimum Gasteiger partial charge on any atom is -0.543 e. The van der Waals surface area contributed by atoms with Crippen molar-refractivity contribution in [1.29, 1.82) is 0 Å². The van der Waals surface area contributed by atoms with Gasteiger partial charge in [0, 0.05) is 28.8 Å². The van der Waals surface area contributed by atoms with E-state index in [4.69, 9.17) is 10.6 Å². The summed E-state index contributed by atoms with van der Waals surface area (Å²) in [7, 11) is 0. The molecule has 2 amide bonds. The third-order valence-electron chi connectivity index (χ3n) is 5.54. The Morgan fingerprint density at radius 1 is 1.35 bits per heavy atom. The number of nitrogens with one attached hydrogen (secondary N) is 1. The van der Waals surface area contributed by atoms with Gasteiger partial charge in [0.25, 0.3) is 11.8 Å². The Labute approximate surface area is 218 Å². The number of carboxylic acids is 2. The summed E-state index contributed by atoms with van der Waals surface area (Å²) in [6.07, 6.45) is 3.55. The van der Waals surface area contributed by atoms with Crippen molar-refractivity contribution >= 4 is 57.7 Å². The van der Waals surface area contributed by atoms with Crippen LogP contribution >= 0.6 is 23.1 Å². The smallest absolute Gasteiger partial charge is 0.350 e. The Balaban J connectivity index is 1.55. The number of carboxylic acid groups (broad SMARTS) is 2.